The van der Waals surface area contributed by atoms with Gasteiger partial charge in [-0.25, -0.2) is 0 Å². The first kappa shape index (κ1) is 23.4. The van der Waals surface area contributed by atoms with Crippen molar-refractivity contribution in [3.63, 3.8) is 0 Å². The number of aliphatic hydroxyl groups is 1. The summed E-state index contributed by atoms with van der Waals surface area (Å²) in [6.45, 7) is 11.6. The molecule has 0 radical (unpaired) electrons. The number of carbonyl (C=O) groups excluding carboxylic acids is 3. The van der Waals surface area contributed by atoms with Crippen LogP contribution in [0.25, 0.3) is 0 Å². The van der Waals surface area contributed by atoms with Crippen molar-refractivity contribution >= 4 is 29.5 Å². The first-order chi connectivity index (χ1) is 13.9. The fourth-order valence-electron chi connectivity index (χ4n) is 5.83. The van der Waals surface area contributed by atoms with Gasteiger partial charge in [-0.3, -0.25) is 14.4 Å². The molecule has 3 amide bonds. The highest BCUT2D eigenvalue weighted by Gasteiger charge is 2.77. The third-order valence-corrected chi connectivity index (χ3v) is 9.32. The second-order valence-corrected chi connectivity index (χ2v) is 12.4. The molecule has 2 unspecified atom stereocenters. The highest BCUT2D eigenvalue weighted by Crippen LogP contribution is 2.71. The second-order valence-electron chi connectivity index (χ2n) is 10.5. The number of nitrogens with one attached hydrogen (secondary N) is 2. The molecule has 8 heteroatoms. The Morgan fingerprint density at radius 1 is 1.30 bits per heavy atom. The molecular weight excluding hydrogens is 402 g/mol. The molecule has 3 rings (SSSR count). The van der Waals surface area contributed by atoms with Crippen LogP contribution in [0.1, 0.15) is 60.8 Å². The van der Waals surface area contributed by atoms with E-state index in [4.69, 9.17) is 0 Å². The summed E-state index contributed by atoms with van der Waals surface area (Å²) >= 11 is 1.66. The molecular formula is C22H37N3O4S. The van der Waals surface area contributed by atoms with Crippen molar-refractivity contribution in [3.05, 3.63) is 0 Å². The van der Waals surface area contributed by atoms with Crippen molar-refractivity contribution < 1.29 is 19.5 Å². The van der Waals surface area contributed by atoms with Crippen LogP contribution < -0.4 is 10.6 Å². The average molecular weight is 440 g/mol. The van der Waals surface area contributed by atoms with Gasteiger partial charge in [0.2, 0.25) is 17.7 Å². The second kappa shape index (κ2) is 7.69. The Kier molecular flexibility index (Phi) is 6.00. The topological polar surface area (TPSA) is 98.7 Å². The van der Waals surface area contributed by atoms with Crippen LogP contribution in [0.15, 0.2) is 0 Å². The van der Waals surface area contributed by atoms with Gasteiger partial charge in [0.1, 0.15) is 6.04 Å². The highest BCUT2D eigenvalue weighted by molar-refractivity contribution is 8.02. The summed E-state index contributed by atoms with van der Waals surface area (Å²) in [5, 5.41) is 16.1. The van der Waals surface area contributed by atoms with Crippen molar-refractivity contribution in [3.8, 4) is 0 Å². The molecule has 7 atom stereocenters. The Balaban J connectivity index is 2.13. The fraction of sp³-hybridized carbons (Fsp3) is 0.864. The molecule has 30 heavy (non-hydrogen) atoms. The number of amides is 3. The summed E-state index contributed by atoms with van der Waals surface area (Å²) in [6.07, 6.45) is 2.29. The summed E-state index contributed by atoms with van der Waals surface area (Å²) in [6, 6.07) is -1.14. The first-order valence-corrected chi connectivity index (χ1v) is 11.9. The number of nitrogens with zero attached hydrogens (tertiary/aromatic N) is 1. The molecule has 3 fully saturated rings. The molecule has 3 heterocycles. The predicted octanol–water partition coefficient (Wildman–Crippen LogP) is 1.54. The summed E-state index contributed by atoms with van der Waals surface area (Å²) in [5.74, 6) is -1.46. The molecule has 170 valence electrons. The number of thioether (sulfide) groups is 1. The van der Waals surface area contributed by atoms with Crippen LogP contribution in [0.4, 0.5) is 0 Å². The van der Waals surface area contributed by atoms with E-state index in [1.165, 1.54) is 0 Å². The lowest BCUT2D eigenvalue weighted by molar-refractivity contribution is -0.144. The van der Waals surface area contributed by atoms with Crippen molar-refractivity contribution in [1.29, 1.82) is 0 Å². The molecule has 0 aromatic heterocycles. The summed E-state index contributed by atoms with van der Waals surface area (Å²) in [7, 11) is 1.60. The van der Waals surface area contributed by atoms with Gasteiger partial charge in [0.05, 0.1) is 29.2 Å². The van der Waals surface area contributed by atoms with E-state index in [-0.39, 0.29) is 35.0 Å². The van der Waals surface area contributed by atoms with Crippen molar-refractivity contribution in [1.82, 2.24) is 15.5 Å². The summed E-state index contributed by atoms with van der Waals surface area (Å²) < 4.78 is -1.00. The Bertz CT molecular complexity index is 738. The number of carbonyl (C=O) groups is 3. The van der Waals surface area contributed by atoms with Crippen molar-refractivity contribution in [2.24, 2.45) is 17.8 Å². The van der Waals surface area contributed by atoms with Gasteiger partial charge in [-0.05, 0) is 46.5 Å². The molecule has 3 saturated heterocycles. The zero-order chi connectivity index (χ0) is 22.6. The Morgan fingerprint density at radius 2 is 1.93 bits per heavy atom. The third-order valence-electron chi connectivity index (χ3n) is 7.34. The molecule has 3 aliphatic heterocycles. The molecule has 1 spiro atoms. The van der Waals surface area contributed by atoms with E-state index >= 15 is 0 Å². The number of aliphatic hydroxyl groups excluding tert-OH is 1. The van der Waals surface area contributed by atoms with Gasteiger partial charge < -0.3 is 20.6 Å². The minimum Gasteiger partial charge on any atom is -0.394 e. The molecule has 3 N–H and O–H groups in total. The monoisotopic (exact) mass is 439 g/mol. The average Bonchev–Trinajstić information content (AvgIpc) is 3.21. The van der Waals surface area contributed by atoms with E-state index < -0.39 is 34.2 Å². The smallest absolute Gasteiger partial charge is 0.244 e. The lowest BCUT2D eigenvalue weighted by atomic mass is 9.66. The van der Waals surface area contributed by atoms with Crippen LogP contribution in [0, 0.1) is 17.8 Å². The highest BCUT2D eigenvalue weighted by atomic mass is 32.2. The molecule has 0 saturated carbocycles. The van der Waals surface area contributed by atoms with Gasteiger partial charge >= 0.3 is 0 Å². The van der Waals surface area contributed by atoms with Gasteiger partial charge in [0.15, 0.2) is 0 Å². The van der Waals surface area contributed by atoms with Crippen molar-refractivity contribution in [2.45, 2.75) is 87.9 Å². The van der Waals surface area contributed by atoms with E-state index in [2.05, 4.69) is 17.6 Å². The van der Waals surface area contributed by atoms with Crippen LogP contribution in [0.2, 0.25) is 0 Å². The largest absolute Gasteiger partial charge is 0.394 e. The predicted molar refractivity (Wildman–Crippen MR) is 118 cm³/mol. The van der Waals surface area contributed by atoms with Crippen LogP contribution in [0.3, 0.4) is 0 Å². The molecule has 7 nitrogen and oxygen atoms in total. The molecule has 2 bridgehead atoms. The van der Waals surface area contributed by atoms with Crippen LogP contribution in [0.5, 0.6) is 0 Å². The Labute approximate surface area is 184 Å². The Hall–Kier alpha value is -1.28. The summed E-state index contributed by atoms with van der Waals surface area (Å²) in [4.78, 5) is 42.0. The first-order valence-electron chi connectivity index (χ1n) is 11.0. The SMILES string of the molecule is CC[C@H](C)[C@H](CO)N1C(=O)[C@@H]2[C@@H](C(=O)NC)[C@@]3(C)CCC2(S3)C1C(=O)NC(C)(C)C. The minimum atomic E-state index is -0.693. The lowest BCUT2D eigenvalue weighted by Gasteiger charge is -2.40. The normalized spacial score (nSPS) is 37.1. The van der Waals surface area contributed by atoms with Crippen LogP contribution in [-0.2, 0) is 14.4 Å². The fourth-order valence-corrected chi connectivity index (χ4v) is 8.17. The Morgan fingerprint density at radius 3 is 2.43 bits per heavy atom. The zero-order valence-electron chi connectivity index (χ0n) is 19.2. The standard InChI is InChI=1S/C22H37N3O4S/c1-8-12(2)13(11-26)25-16(18(28)24-20(3,4)5)22-10-9-21(6,30-22)14(17(27)23-7)15(22)19(25)29/h12-16,26H,8-11H2,1-7H3,(H,23,27)(H,24,28)/t12-,13-,14-,15-,16?,21+,22?/m0/s1. The maximum atomic E-state index is 13.9. The number of hydrogen-bond acceptors (Lipinski definition) is 5. The van der Waals surface area contributed by atoms with Gasteiger partial charge in [0.25, 0.3) is 0 Å². The van der Waals surface area contributed by atoms with E-state index in [0.717, 1.165) is 19.3 Å². The van der Waals surface area contributed by atoms with Gasteiger partial charge in [0, 0.05) is 17.3 Å². The third kappa shape index (κ3) is 3.34. The van der Waals surface area contributed by atoms with E-state index in [9.17, 15) is 19.5 Å². The quantitative estimate of drug-likeness (QED) is 0.583. The zero-order valence-corrected chi connectivity index (χ0v) is 20.1. The number of hydrogen-bond donors (Lipinski definition) is 3. The molecule has 3 aliphatic rings. The van der Waals surface area contributed by atoms with Crippen molar-refractivity contribution in [2.75, 3.05) is 13.7 Å². The van der Waals surface area contributed by atoms with Gasteiger partial charge in [-0.15, -0.1) is 11.8 Å². The van der Waals surface area contributed by atoms with E-state index in [1.54, 1.807) is 23.7 Å². The number of rotatable bonds is 6. The molecule has 0 aliphatic carbocycles. The minimum absolute atomic E-state index is 0.0374. The van der Waals surface area contributed by atoms with E-state index in [0.29, 0.717) is 0 Å². The van der Waals surface area contributed by atoms with Crippen LogP contribution in [-0.4, -0.2) is 68.5 Å². The maximum Gasteiger partial charge on any atom is 0.244 e. The van der Waals surface area contributed by atoms with Gasteiger partial charge in [-0.2, -0.15) is 0 Å². The van der Waals surface area contributed by atoms with Gasteiger partial charge in [-0.1, -0.05) is 20.3 Å². The maximum absolute atomic E-state index is 13.9. The molecule has 0 aromatic rings. The van der Waals surface area contributed by atoms with Crippen LogP contribution >= 0.6 is 11.8 Å². The number of fused-ring (bicyclic) bond motifs is 1. The molecule has 0 aromatic carbocycles. The lowest BCUT2D eigenvalue weighted by Crippen LogP contribution is -2.60. The summed E-state index contributed by atoms with van der Waals surface area (Å²) in [5.41, 5.74) is -0.447. The van der Waals surface area contributed by atoms with E-state index in [1.807, 2.05) is 34.6 Å². The number of likely N-dealkylation sites (tertiary alicyclic amines) is 1.